The van der Waals surface area contributed by atoms with E-state index in [0.717, 1.165) is 11.8 Å². The predicted molar refractivity (Wildman–Crippen MR) is 26.5 cm³/mol. The van der Waals surface area contributed by atoms with Crippen molar-refractivity contribution in [2.45, 2.75) is 0 Å². The van der Waals surface area contributed by atoms with Crippen molar-refractivity contribution in [1.29, 1.82) is 0 Å². The summed E-state index contributed by atoms with van der Waals surface area (Å²) in [6.45, 7) is -0.0961. The molecule has 0 saturated carbocycles. The molecule has 0 spiro atoms. The molecule has 1 radical (unpaired) electrons. The normalized spacial score (nSPS) is 8.33. The third-order valence-corrected chi connectivity index (χ3v) is 0.972. The highest BCUT2D eigenvalue weighted by Crippen LogP contribution is 1.89. The van der Waals surface area contributed by atoms with Crippen LogP contribution in [0.2, 0.25) is 0 Å². The van der Waals surface area contributed by atoms with Gasteiger partial charge in [-0.3, -0.25) is 4.79 Å². The molecule has 0 aromatic carbocycles. The highest BCUT2D eigenvalue weighted by Gasteiger charge is 1.88. The summed E-state index contributed by atoms with van der Waals surface area (Å²) >= 11 is 1.10. The molecule has 0 aromatic heterocycles. The van der Waals surface area contributed by atoms with E-state index in [4.69, 9.17) is 5.73 Å². The number of hydrogen-bond donors (Lipinski definition) is 0. The molecule has 1 N–H and O–H groups in total. The lowest BCUT2D eigenvalue weighted by Crippen LogP contribution is -1.96. The minimum Gasteiger partial charge on any atom is -0.286 e. The first-order valence-electron chi connectivity index (χ1n) is 1.52. The largest absolute Gasteiger partial charge is 0.286 e. The molecule has 0 heterocycles. The van der Waals surface area contributed by atoms with E-state index in [2.05, 4.69) is 0 Å². The van der Waals surface area contributed by atoms with Crippen molar-refractivity contribution in [3.8, 4) is 0 Å². The number of rotatable bonds is 1. The molecule has 0 aromatic rings. The molecular formula is C3H6NOS. The summed E-state index contributed by atoms with van der Waals surface area (Å²) in [5.41, 5.74) is 6.44. The van der Waals surface area contributed by atoms with Crippen LogP contribution in [0.25, 0.3) is 0 Å². The average Bonchev–Trinajstić information content (AvgIpc) is 1.65. The molecular weight excluding hydrogens is 98.1 g/mol. The Morgan fingerprint density at radius 2 is 2.50 bits per heavy atom. The molecule has 3 heteroatoms. The summed E-state index contributed by atoms with van der Waals surface area (Å²) in [6, 6.07) is 0. The fraction of sp³-hybridized carbons (Fsp3) is 0.667. The second-order valence-corrected chi connectivity index (χ2v) is 1.62. The Hall–Kier alpha value is -0.0200. The Morgan fingerprint density at radius 1 is 2.00 bits per heavy atom. The summed E-state index contributed by atoms with van der Waals surface area (Å²) in [6.07, 6.45) is 1.68. The number of hydrogen-bond acceptors (Lipinski definition) is 2. The van der Waals surface area contributed by atoms with E-state index < -0.39 is 0 Å². The number of carbonyl (C=O) groups excluding carboxylic acids is 1. The first-order valence-corrected chi connectivity index (χ1v) is 2.75. The van der Waals surface area contributed by atoms with Crippen molar-refractivity contribution in [3.05, 3.63) is 0 Å². The highest BCUT2D eigenvalue weighted by molar-refractivity contribution is 8.13. The Morgan fingerprint density at radius 3 is 2.50 bits per heavy atom. The standard InChI is InChI=1S/C3H6NOS/c1-6-3(5)2-4/h4H,2H2,1H3. The number of thioether (sulfide) groups is 1. The van der Waals surface area contributed by atoms with Crippen LogP contribution in [0.15, 0.2) is 0 Å². The average molecular weight is 104 g/mol. The van der Waals surface area contributed by atoms with Crippen LogP contribution in [0, 0.1) is 0 Å². The Kier molecular flexibility index (Phi) is 3.17. The van der Waals surface area contributed by atoms with Gasteiger partial charge in [-0.2, -0.15) is 0 Å². The van der Waals surface area contributed by atoms with Crippen LogP contribution in [-0.4, -0.2) is 17.9 Å². The van der Waals surface area contributed by atoms with E-state index in [9.17, 15) is 4.79 Å². The molecule has 0 amide bonds. The van der Waals surface area contributed by atoms with Gasteiger partial charge in [0.05, 0.1) is 6.54 Å². The first-order chi connectivity index (χ1) is 2.81. The van der Waals surface area contributed by atoms with Gasteiger partial charge in [-0.1, -0.05) is 11.8 Å². The van der Waals surface area contributed by atoms with Crippen LogP contribution in [-0.2, 0) is 4.79 Å². The lowest BCUT2D eigenvalue weighted by atomic mass is 10.8. The van der Waals surface area contributed by atoms with Gasteiger partial charge in [0.15, 0.2) is 0 Å². The van der Waals surface area contributed by atoms with Crippen LogP contribution in [0.5, 0.6) is 0 Å². The van der Waals surface area contributed by atoms with Crippen LogP contribution >= 0.6 is 11.8 Å². The van der Waals surface area contributed by atoms with E-state index >= 15 is 0 Å². The zero-order valence-corrected chi connectivity index (χ0v) is 4.34. The van der Waals surface area contributed by atoms with Gasteiger partial charge in [-0.15, -0.1) is 0 Å². The third-order valence-electron chi connectivity index (χ3n) is 0.372. The van der Waals surface area contributed by atoms with Gasteiger partial charge in [0, 0.05) is 0 Å². The molecule has 0 rings (SSSR count). The predicted octanol–water partition coefficient (Wildman–Crippen LogP) is 0.159. The van der Waals surface area contributed by atoms with Gasteiger partial charge in [0.2, 0.25) is 5.12 Å². The second-order valence-electron chi connectivity index (χ2n) is 0.753. The van der Waals surface area contributed by atoms with Crippen molar-refractivity contribution >= 4 is 16.9 Å². The molecule has 0 atom stereocenters. The zero-order valence-electron chi connectivity index (χ0n) is 3.52. The molecule has 0 saturated heterocycles. The van der Waals surface area contributed by atoms with E-state index in [-0.39, 0.29) is 11.7 Å². The van der Waals surface area contributed by atoms with E-state index in [1.165, 1.54) is 0 Å². The molecule has 2 nitrogen and oxygen atoms in total. The molecule has 6 heavy (non-hydrogen) atoms. The maximum Gasteiger partial charge on any atom is 0.203 e. The maximum absolute atomic E-state index is 9.96. The summed E-state index contributed by atoms with van der Waals surface area (Å²) in [5.74, 6) is 0. The van der Waals surface area contributed by atoms with Crippen LogP contribution in [0.4, 0.5) is 0 Å². The second kappa shape index (κ2) is 3.18. The van der Waals surface area contributed by atoms with Gasteiger partial charge in [0.25, 0.3) is 0 Å². The summed E-state index contributed by atoms with van der Waals surface area (Å²) in [7, 11) is 0. The highest BCUT2D eigenvalue weighted by atomic mass is 32.2. The Labute approximate surface area is 41.1 Å². The van der Waals surface area contributed by atoms with Crippen molar-refractivity contribution in [2.75, 3.05) is 12.8 Å². The quantitative estimate of drug-likeness (QED) is 0.475. The monoisotopic (exact) mass is 104 g/mol. The number of carbonyl (C=O) groups is 1. The molecule has 0 unspecified atom stereocenters. The van der Waals surface area contributed by atoms with E-state index in [1.807, 2.05) is 0 Å². The zero-order chi connectivity index (χ0) is 4.99. The molecule has 0 aliphatic carbocycles. The van der Waals surface area contributed by atoms with Crippen molar-refractivity contribution in [1.82, 2.24) is 5.73 Å². The van der Waals surface area contributed by atoms with Gasteiger partial charge >= 0.3 is 0 Å². The Balaban J connectivity index is 2.99. The fourth-order valence-electron chi connectivity index (χ4n) is 0.0722. The van der Waals surface area contributed by atoms with Gasteiger partial charge in [0.1, 0.15) is 0 Å². The summed E-state index contributed by atoms with van der Waals surface area (Å²) < 4.78 is 0. The lowest BCUT2D eigenvalue weighted by Gasteiger charge is -1.80. The SMILES string of the molecule is CSC(=O)C[NH]. The third kappa shape index (κ3) is 2.23. The van der Waals surface area contributed by atoms with Crippen LogP contribution in [0.3, 0.4) is 0 Å². The minimum atomic E-state index is -0.0961. The molecule has 0 fully saturated rings. The van der Waals surface area contributed by atoms with Crippen LogP contribution in [0.1, 0.15) is 0 Å². The summed E-state index contributed by atoms with van der Waals surface area (Å²) in [5, 5.41) is -0.0741. The molecule has 0 bridgehead atoms. The van der Waals surface area contributed by atoms with Crippen LogP contribution < -0.4 is 5.73 Å². The van der Waals surface area contributed by atoms with Crippen molar-refractivity contribution in [2.24, 2.45) is 0 Å². The maximum atomic E-state index is 9.96. The number of nitrogens with one attached hydrogen (secondary N) is 1. The summed E-state index contributed by atoms with van der Waals surface area (Å²) in [4.78, 5) is 9.96. The molecule has 35 valence electrons. The lowest BCUT2D eigenvalue weighted by molar-refractivity contribution is -0.109. The van der Waals surface area contributed by atoms with Gasteiger partial charge in [-0.05, 0) is 6.26 Å². The molecule has 0 aliphatic rings. The smallest absolute Gasteiger partial charge is 0.203 e. The Bertz CT molecular complexity index is 48.8. The first kappa shape index (κ1) is 5.98. The van der Waals surface area contributed by atoms with E-state index in [0.29, 0.717) is 0 Å². The topological polar surface area (TPSA) is 40.9 Å². The van der Waals surface area contributed by atoms with E-state index in [1.54, 1.807) is 6.26 Å². The van der Waals surface area contributed by atoms with Crippen molar-refractivity contribution < 1.29 is 4.79 Å². The molecule has 0 aliphatic heterocycles. The minimum absolute atomic E-state index is 0.0741. The fourth-order valence-corrected chi connectivity index (χ4v) is 0.217. The van der Waals surface area contributed by atoms with Crippen molar-refractivity contribution in [3.63, 3.8) is 0 Å². The van der Waals surface area contributed by atoms with Gasteiger partial charge < -0.3 is 0 Å². The van der Waals surface area contributed by atoms with Gasteiger partial charge in [-0.25, -0.2) is 5.73 Å².